The van der Waals surface area contributed by atoms with Gasteiger partial charge in [-0.1, -0.05) is 23.7 Å². The minimum absolute atomic E-state index is 0.268. The van der Waals surface area contributed by atoms with Crippen LogP contribution in [-0.2, 0) is 0 Å². The molecule has 0 amide bonds. The van der Waals surface area contributed by atoms with Crippen molar-refractivity contribution in [3.8, 4) is 22.6 Å². The highest BCUT2D eigenvalue weighted by atomic mass is 35.5. The first-order valence-electron chi connectivity index (χ1n) is 11.8. The smallest absolute Gasteiger partial charge is 0.184 e. The zero-order valence-corrected chi connectivity index (χ0v) is 20.9. The first-order chi connectivity index (χ1) is 17.6. The molecule has 0 spiro atoms. The maximum atomic E-state index is 10.8. The van der Waals surface area contributed by atoms with Crippen LogP contribution in [0.3, 0.4) is 0 Å². The Bertz CT molecular complexity index is 1330. The molecule has 2 aromatic carbocycles. The van der Waals surface area contributed by atoms with E-state index in [-0.39, 0.29) is 5.92 Å². The fourth-order valence-electron chi connectivity index (χ4n) is 4.69. The van der Waals surface area contributed by atoms with Crippen LogP contribution >= 0.6 is 11.6 Å². The Balaban J connectivity index is 1.23. The lowest BCUT2D eigenvalue weighted by atomic mass is 9.91. The Labute approximate surface area is 214 Å². The molecule has 2 aromatic heterocycles. The van der Waals surface area contributed by atoms with Crippen molar-refractivity contribution < 1.29 is 14.6 Å². The summed E-state index contributed by atoms with van der Waals surface area (Å²) in [6, 6.07) is 15.4. The van der Waals surface area contributed by atoms with Crippen LogP contribution in [0.25, 0.3) is 22.0 Å². The summed E-state index contributed by atoms with van der Waals surface area (Å²) in [6.45, 7) is 1.48. The van der Waals surface area contributed by atoms with E-state index in [1.54, 1.807) is 32.8 Å². The van der Waals surface area contributed by atoms with E-state index in [0.29, 0.717) is 16.7 Å². The molecule has 0 bridgehead atoms. The van der Waals surface area contributed by atoms with Crippen molar-refractivity contribution in [1.82, 2.24) is 19.9 Å². The number of fused-ring (bicyclic) bond motifs is 1. The maximum Gasteiger partial charge on any atom is 0.184 e. The number of nitrogens with one attached hydrogen (secondary N) is 1. The molecule has 4 aromatic rings. The second kappa shape index (κ2) is 10.7. The Hall–Kier alpha value is -3.46. The van der Waals surface area contributed by atoms with Crippen LogP contribution in [0.2, 0.25) is 5.15 Å². The minimum atomic E-state index is -0.777. The molecule has 186 valence electrons. The molecule has 0 saturated carbocycles. The van der Waals surface area contributed by atoms with Crippen LogP contribution in [0.5, 0.6) is 11.5 Å². The molecule has 1 aliphatic rings. The van der Waals surface area contributed by atoms with Gasteiger partial charge in [0.1, 0.15) is 11.5 Å². The second-order valence-corrected chi connectivity index (χ2v) is 9.15. The van der Waals surface area contributed by atoms with E-state index in [0.717, 1.165) is 59.3 Å². The second-order valence-electron chi connectivity index (χ2n) is 8.76. The predicted octanol–water partition coefficient (Wildman–Crippen LogP) is 4.93. The summed E-state index contributed by atoms with van der Waals surface area (Å²) in [6.07, 6.45) is 4.33. The predicted molar refractivity (Wildman–Crippen MR) is 141 cm³/mol. The molecular weight excluding hydrogens is 478 g/mol. The number of aromatic nitrogens is 3. The van der Waals surface area contributed by atoms with Crippen LogP contribution in [0.15, 0.2) is 61.1 Å². The average molecular weight is 506 g/mol. The highest BCUT2D eigenvalue weighted by Crippen LogP contribution is 2.37. The van der Waals surface area contributed by atoms with Gasteiger partial charge < -0.3 is 19.9 Å². The Morgan fingerprint density at radius 3 is 2.31 bits per heavy atom. The zero-order valence-electron chi connectivity index (χ0n) is 20.2. The molecule has 1 fully saturated rings. The van der Waals surface area contributed by atoms with Crippen molar-refractivity contribution in [2.45, 2.75) is 25.1 Å². The van der Waals surface area contributed by atoms with Crippen molar-refractivity contribution in [2.75, 3.05) is 32.6 Å². The largest absolute Gasteiger partial charge is 0.493 e. The monoisotopic (exact) mass is 505 g/mol. The normalized spacial score (nSPS) is 15.6. The standard InChI is InChI=1S/C27H28ClN5O3/c1-35-23-13-21-22(14-24(23)36-2)30-16-31-26(21)18-9-11-33(12-10-18)27(34)32-20-6-3-17(4-7-20)19-5-8-25(28)29-15-19/h3-8,13-16,18,27,32,34H,9-12H2,1-2H3. The van der Waals surface area contributed by atoms with Crippen LogP contribution in [0, 0.1) is 0 Å². The maximum absolute atomic E-state index is 10.8. The van der Waals surface area contributed by atoms with Crippen LogP contribution < -0.4 is 14.8 Å². The van der Waals surface area contributed by atoms with Gasteiger partial charge in [0.15, 0.2) is 17.9 Å². The zero-order chi connectivity index (χ0) is 25.1. The SMILES string of the molecule is COc1cc2ncnc(C3CCN(C(O)Nc4ccc(-c5ccc(Cl)nc5)cc4)CC3)c2cc1OC. The number of aliphatic hydroxyl groups is 1. The highest BCUT2D eigenvalue weighted by Gasteiger charge is 2.27. The van der Waals surface area contributed by atoms with Gasteiger partial charge in [-0.3, -0.25) is 4.90 Å². The fraction of sp³-hybridized carbons (Fsp3) is 0.296. The summed E-state index contributed by atoms with van der Waals surface area (Å²) < 4.78 is 10.9. The number of aliphatic hydroxyl groups excluding tert-OH is 1. The number of hydrogen-bond donors (Lipinski definition) is 2. The van der Waals surface area contributed by atoms with E-state index in [1.807, 2.05) is 47.4 Å². The number of methoxy groups -OCH3 is 2. The van der Waals surface area contributed by atoms with Crippen molar-refractivity contribution in [3.63, 3.8) is 0 Å². The molecule has 2 N–H and O–H groups in total. The van der Waals surface area contributed by atoms with Crippen LogP contribution in [0.1, 0.15) is 24.5 Å². The molecule has 0 aliphatic carbocycles. The van der Waals surface area contributed by atoms with Crippen LogP contribution in [-0.4, -0.2) is 58.6 Å². The summed E-state index contributed by atoms with van der Waals surface area (Å²) >= 11 is 5.88. The third-order valence-corrected chi connectivity index (χ3v) is 6.90. The number of pyridine rings is 1. The Morgan fingerprint density at radius 1 is 0.944 bits per heavy atom. The van der Waals surface area contributed by atoms with E-state index >= 15 is 0 Å². The lowest BCUT2D eigenvalue weighted by molar-refractivity contribution is 0.00971. The summed E-state index contributed by atoms with van der Waals surface area (Å²) in [5.74, 6) is 1.58. The number of hydrogen-bond acceptors (Lipinski definition) is 8. The van der Waals surface area contributed by atoms with Gasteiger partial charge in [0.25, 0.3) is 0 Å². The van der Waals surface area contributed by atoms with E-state index in [2.05, 4.69) is 20.3 Å². The molecule has 1 atom stereocenters. The molecule has 3 heterocycles. The molecule has 9 heteroatoms. The summed E-state index contributed by atoms with van der Waals surface area (Å²) in [4.78, 5) is 15.2. The number of anilines is 1. The molecular formula is C27H28ClN5O3. The van der Waals surface area contributed by atoms with Gasteiger partial charge in [-0.15, -0.1) is 0 Å². The third kappa shape index (κ3) is 5.06. The topological polar surface area (TPSA) is 92.6 Å². The van der Waals surface area contributed by atoms with Gasteiger partial charge in [-0.05, 0) is 48.7 Å². The quantitative estimate of drug-likeness (QED) is 0.270. The first-order valence-corrected chi connectivity index (χ1v) is 12.2. The number of likely N-dealkylation sites (tertiary alicyclic amines) is 1. The number of piperidine rings is 1. The number of nitrogens with zero attached hydrogens (tertiary/aromatic N) is 4. The van der Waals surface area contributed by atoms with Crippen molar-refractivity contribution in [1.29, 1.82) is 0 Å². The first kappa shape index (κ1) is 24.2. The molecule has 1 aliphatic heterocycles. The van der Waals surface area contributed by atoms with E-state index in [1.165, 1.54) is 0 Å². The summed E-state index contributed by atoms with van der Waals surface area (Å²) in [5, 5.41) is 15.5. The third-order valence-electron chi connectivity index (χ3n) is 6.67. The molecule has 36 heavy (non-hydrogen) atoms. The van der Waals surface area contributed by atoms with Gasteiger partial charge in [0.2, 0.25) is 0 Å². The lowest BCUT2D eigenvalue weighted by Crippen LogP contribution is -2.45. The van der Waals surface area contributed by atoms with E-state index in [9.17, 15) is 5.11 Å². The fourth-order valence-corrected chi connectivity index (χ4v) is 4.80. The van der Waals surface area contributed by atoms with Gasteiger partial charge >= 0.3 is 0 Å². The summed E-state index contributed by atoms with van der Waals surface area (Å²) in [7, 11) is 3.24. The van der Waals surface area contributed by atoms with Crippen LogP contribution in [0.4, 0.5) is 5.69 Å². The Kier molecular flexibility index (Phi) is 7.18. The van der Waals surface area contributed by atoms with E-state index < -0.39 is 6.35 Å². The van der Waals surface area contributed by atoms with Gasteiger partial charge in [-0.25, -0.2) is 15.0 Å². The van der Waals surface area contributed by atoms with Crippen molar-refractivity contribution >= 4 is 28.2 Å². The van der Waals surface area contributed by atoms with Crippen molar-refractivity contribution in [3.05, 3.63) is 71.9 Å². The summed E-state index contributed by atoms with van der Waals surface area (Å²) in [5.41, 5.74) is 4.71. The van der Waals surface area contributed by atoms with Gasteiger partial charge in [0, 0.05) is 47.9 Å². The van der Waals surface area contributed by atoms with Gasteiger partial charge in [-0.2, -0.15) is 0 Å². The van der Waals surface area contributed by atoms with Crippen molar-refractivity contribution in [2.24, 2.45) is 0 Å². The number of ether oxygens (including phenoxy) is 2. The molecule has 5 rings (SSSR count). The van der Waals surface area contributed by atoms with E-state index in [4.69, 9.17) is 21.1 Å². The molecule has 0 radical (unpaired) electrons. The minimum Gasteiger partial charge on any atom is -0.493 e. The molecule has 8 nitrogen and oxygen atoms in total. The highest BCUT2D eigenvalue weighted by molar-refractivity contribution is 6.29. The number of rotatable bonds is 7. The van der Waals surface area contributed by atoms with Gasteiger partial charge in [0.05, 0.1) is 25.4 Å². The number of halogens is 1. The number of benzene rings is 2. The Morgan fingerprint density at radius 2 is 1.64 bits per heavy atom. The lowest BCUT2D eigenvalue weighted by Gasteiger charge is -2.35. The molecule has 1 saturated heterocycles. The molecule has 1 unspecified atom stereocenters. The average Bonchev–Trinajstić information content (AvgIpc) is 2.93.